The van der Waals surface area contributed by atoms with Crippen LogP contribution in [0.5, 0.6) is 5.75 Å². The molecule has 0 radical (unpaired) electrons. The van der Waals surface area contributed by atoms with Crippen molar-refractivity contribution in [1.82, 2.24) is 4.98 Å². The van der Waals surface area contributed by atoms with E-state index < -0.39 is 5.63 Å². The summed E-state index contributed by atoms with van der Waals surface area (Å²) in [5.74, 6) is 0.758. The molecule has 7 heteroatoms. The highest BCUT2D eigenvalue weighted by Crippen LogP contribution is 2.33. The number of nitrogens with one attached hydrogen (secondary N) is 1. The number of rotatable bonds is 4. The monoisotopic (exact) mass is 398 g/mol. The third kappa shape index (κ3) is 3.29. The fraction of sp³-hybridized carbons (Fsp3) is 0.100. The normalized spacial score (nSPS) is 10.9. The summed E-state index contributed by atoms with van der Waals surface area (Å²) in [5.41, 5.74) is 2.68. The van der Waals surface area contributed by atoms with Gasteiger partial charge in [-0.2, -0.15) is 0 Å². The number of methoxy groups -OCH3 is 1. The van der Waals surface area contributed by atoms with E-state index in [0.29, 0.717) is 27.0 Å². The number of fused-ring (bicyclic) bond motifs is 1. The number of nitrogens with zero attached hydrogens (tertiary/aromatic N) is 1. The van der Waals surface area contributed by atoms with Crippen LogP contribution in [-0.4, -0.2) is 12.1 Å². The van der Waals surface area contributed by atoms with Gasteiger partial charge in [0.05, 0.1) is 29.1 Å². The first kappa shape index (κ1) is 17.6. The molecule has 0 saturated carbocycles. The van der Waals surface area contributed by atoms with Crippen molar-refractivity contribution in [2.75, 3.05) is 12.4 Å². The minimum absolute atomic E-state index is 0.381. The molecule has 0 fully saturated rings. The molecule has 5 nitrogen and oxygen atoms in total. The molecule has 0 amide bonds. The van der Waals surface area contributed by atoms with Crippen LogP contribution in [-0.2, 0) is 0 Å². The predicted octanol–water partition coefficient (Wildman–Crippen LogP) is 5.63. The Labute approximate surface area is 164 Å². The zero-order chi connectivity index (χ0) is 19.0. The van der Waals surface area contributed by atoms with E-state index in [1.165, 1.54) is 11.3 Å². The summed E-state index contributed by atoms with van der Waals surface area (Å²) in [6.07, 6.45) is 0. The number of hydrogen-bond donors (Lipinski definition) is 1. The topological polar surface area (TPSA) is 64.4 Å². The second kappa shape index (κ2) is 7.06. The van der Waals surface area contributed by atoms with Gasteiger partial charge in [-0.05, 0) is 30.7 Å². The van der Waals surface area contributed by atoms with Gasteiger partial charge < -0.3 is 14.5 Å². The molecule has 0 bridgehead atoms. The molecule has 0 spiro atoms. The molecule has 2 heterocycles. The fourth-order valence-electron chi connectivity index (χ4n) is 2.88. The Morgan fingerprint density at radius 1 is 1.22 bits per heavy atom. The lowest BCUT2D eigenvalue weighted by atomic mass is 10.1. The van der Waals surface area contributed by atoms with Crippen molar-refractivity contribution in [3.8, 4) is 17.0 Å². The van der Waals surface area contributed by atoms with Crippen molar-refractivity contribution < 1.29 is 9.15 Å². The van der Waals surface area contributed by atoms with Gasteiger partial charge in [-0.1, -0.05) is 35.9 Å². The van der Waals surface area contributed by atoms with Crippen molar-refractivity contribution in [2.24, 2.45) is 0 Å². The van der Waals surface area contributed by atoms with E-state index in [-0.39, 0.29) is 0 Å². The van der Waals surface area contributed by atoms with Gasteiger partial charge in [0.25, 0.3) is 0 Å². The summed E-state index contributed by atoms with van der Waals surface area (Å²) in [4.78, 5) is 16.9. The van der Waals surface area contributed by atoms with Gasteiger partial charge in [0.2, 0.25) is 0 Å². The average molecular weight is 399 g/mol. The van der Waals surface area contributed by atoms with E-state index in [0.717, 1.165) is 22.4 Å². The minimum Gasteiger partial charge on any atom is -0.494 e. The maximum atomic E-state index is 12.4. The first-order chi connectivity index (χ1) is 13.1. The second-order valence-corrected chi connectivity index (χ2v) is 7.19. The second-order valence-electron chi connectivity index (χ2n) is 5.92. The minimum atomic E-state index is -0.472. The molecule has 136 valence electrons. The van der Waals surface area contributed by atoms with Crippen LogP contribution >= 0.6 is 22.9 Å². The van der Waals surface area contributed by atoms with Gasteiger partial charge in [0.15, 0.2) is 10.7 Å². The van der Waals surface area contributed by atoms with Crippen molar-refractivity contribution in [3.05, 3.63) is 68.9 Å². The van der Waals surface area contributed by atoms with Gasteiger partial charge in [-0.15, -0.1) is 11.3 Å². The summed E-state index contributed by atoms with van der Waals surface area (Å²) in [6.45, 7) is 1.97. The Morgan fingerprint density at radius 3 is 2.85 bits per heavy atom. The summed E-state index contributed by atoms with van der Waals surface area (Å²) >= 11 is 7.49. The van der Waals surface area contributed by atoms with E-state index >= 15 is 0 Å². The van der Waals surface area contributed by atoms with Gasteiger partial charge >= 0.3 is 5.63 Å². The standard InChI is InChI=1S/C20H15ClN2O3S/c1-11-5-3-8-15(17(11)25-2)22-20-23-16(10-27-20)13-9-12-6-4-7-14(21)18(12)26-19(13)24/h3-10H,1-2H3,(H,22,23). The van der Waals surface area contributed by atoms with Crippen LogP contribution in [0.25, 0.3) is 22.2 Å². The van der Waals surface area contributed by atoms with Crippen LogP contribution in [0.3, 0.4) is 0 Å². The van der Waals surface area contributed by atoms with Gasteiger partial charge in [-0.25, -0.2) is 9.78 Å². The smallest absolute Gasteiger partial charge is 0.345 e. The van der Waals surface area contributed by atoms with Crippen molar-refractivity contribution in [3.63, 3.8) is 0 Å². The zero-order valence-corrected chi connectivity index (χ0v) is 16.1. The molecule has 2 aromatic carbocycles. The number of hydrogen-bond acceptors (Lipinski definition) is 6. The largest absolute Gasteiger partial charge is 0.494 e. The van der Waals surface area contributed by atoms with Crippen LogP contribution in [0.15, 0.2) is 57.1 Å². The quantitative estimate of drug-likeness (QED) is 0.451. The number of ether oxygens (including phenoxy) is 1. The van der Waals surface area contributed by atoms with Crippen molar-refractivity contribution in [2.45, 2.75) is 6.92 Å². The van der Waals surface area contributed by atoms with E-state index in [9.17, 15) is 4.79 Å². The lowest BCUT2D eigenvalue weighted by molar-refractivity contribution is 0.414. The number of halogens is 1. The molecule has 0 aliphatic rings. The highest BCUT2D eigenvalue weighted by Gasteiger charge is 2.14. The SMILES string of the molecule is COc1c(C)cccc1Nc1nc(-c2cc3cccc(Cl)c3oc2=O)cs1. The molecular formula is C20H15ClN2O3S. The summed E-state index contributed by atoms with van der Waals surface area (Å²) in [5, 5.41) is 6.87. The van der Waals surface area contributed by atoms with Crippen LogP contribution in [0.1, 0.15) is 5.56 Å². The van der Waals surface area contributed by atoms with E-state index in [2.05, 4.69) is 10.3 Å². The maximum Gasteiger partial charge on any atom is 0.345 e. The molecule has 0 atom stereocenters. The number of aryl methyl sites for hydroxylation is 1. The lowest BCUT2D eigenvalue weighted by Crippen LogP contribution is -2.03. The van der Waals surface area contributed by atoms with Gasteiger partial charge in [0.1, 0.15) is 5.75 Å². The molecule has 0 unspecified atom stereocenters. The van der Waals surface area contributed by atoms with E-state index in [1.54, 1.807) is 19.2 Å². The third-order valence-corrected chi connectivity index (χ3v) is 5.21. The molecule has 1 N–H and O–H groups in total. The highest BCUT2D eigenvalue weighted by atomic mass is 35.5. The number of anilines is 2. The molecule has 0 aliphatic carbocycles. The fourth-order valence-corrected chi connectivity index (χ4v) is 3.82. The van der Waals surface area contributed by atoms with Crippen LogP contribution in [0.4, 0.5) is 10.8 Å². The van der Waals surface area contributed by atoms with Crippen LogP contribution < -0.4 is 15.7 Å². The summed E-state index contributed by atoms with van der Waals surface area (Å²) in [6, 6.07) is 12.9. The highest BCUT2D eigenvalue weighted by molar-refractivity contribution is 7.14. The van der Waals surface area contributed by atoms with E-state index in [4.69, 9.17) is 20.8 Å². The zero-order valence-electron chi connectivity index (χ0n) is 14.6. The average Bonchev–Trinajstić information content (AvgIpc) is 3.10. The Balaban J connectivity index is 1.71. The molecule has 27 heavy (non-hydrogen) atoms. The van der Waals surface area contributed by atoms with Crippen molar-refractivity contribution >= 4 is 44.7 Å². The summed E-state index contributed by atoms with van der Waals surface area (Å²) in [7, 11) is 1.63. The van der Waals surface area contributed by atoms with Gasteiger partial charge in [-0.3, -0.25) is 0 Å². The molecule has 4 rings (SSSR count). The molecule has 2 aromatic heterocycles. The van der Waals surface area contributed by atoms with E-state index in [1.807, 2.05) is 42.6 Å². The Kier molecular flexibility index (Phi) is 4.59. The van der Waals surface area contributed by atoms with Crippen molar-refractivity contribution in [1.29, 1.82) is 0 Å². The Bertz CT molecular complexity index is 1200. The van der Waals surface area contributed by atoms with Crippen LogP contribution in [0, 0.1) is 6.92 Å². The summed E-state index contributed by atoms with van der Waals surface area (Å²) < 4.78 is 10.8. The Hall–Kier alpha value is -2.83. The third-order valence-electron chi connectivity index (χ3n) is 4.15. The first-order valence-electron chi connectivity index (χ1n) is 8.15. The number of aromatic nitrogens is 1. The predicted molar refractivity (Wildman–Crippen MR) is 110 cm³/mol. The number of thiazole rings is 1. The number of para-hydroxylation sites is 2. The molecule has 4 aromatic rings. The molecule has 0 saturated heterocycles. The van der Waals surface area contributed by atoms with Crippen LogP contribution in [0.2, 0.25) is 5.02 Å². The van der Waals surface area contributed by atoms with Gasteiger partial charge in [0, 0.05) is 10.8 Å². The Morgan fingerprint density at radius 2 is 2.04 bits per heavy atom. The molecule has 0 aliphatic heterocycles. The lowest BCUT2D eigenvalue weighted by Gasteiger charge is -2.11. The molecular weight excluding hydrogens is 384 g/mol. The number of benzene rings is 2. The first-order valence-corrected chi connectivity index (χ1v) is 9.41. The maximum absolute atomic E-state index is 12.4.